The maximum atomic E-state index is 12.6. The van der Waals surface area contributed by atoms with E-state index in [-0.39, 0.29) is 11.0 Å². The van der Waals surface area contributed by atoms with E-state index in [1.807, 2.05) is 0 Å². The lowest BCUT2D eigenvalue weighted by atomic mass is 10.1. The first kappa shape index (κ1) is 17.2. The van der Waals surface area contributed by atoms with Gasteiger partial charge >= 0.3 is 0 Å². The second kappa shape index (κ2) is 7.16. The summed E-state index contributed by atoms with van der Waals surface area (Å²) in [6.07, 6.45) is 6.54. The van der Waals surface area contributed by atoms with Crippen molar-refractivity contribution in [2.45, 2.75) is 36.8 Å². The predicted molar refractivity (Wildman–Crippen MR) is 94.1 cm³/mol. The Hall–Kier alpha value is -2.26. The van der Waals surface area contributed by atoms with Crippen LogP contribution in [0.1, 0.15) is 19.3 Å². The highest BCUT2D eigenvalue weighted by Gasteiger charge is 2.20. The number of fused-ring (bicyclic) bond motifs is 1. The molecular weight excluding hydrogens is 358 g/mol. The highest BCUT2D eigenvalue weighted by molar-refractivity contribution is 7.92. The van der Waals surface area contributed by atoms with E-state index in [2.05, 4.69) is 9.82 Å². The van der Waals surface area contributed by atoms with Crippen LogP contribution in [0.4, 0.5) is 5.69 Å². The van der Waals surface area contributed by atoms with Gasteiger partial charge in [-0.05, 0) is 31.4 Å². The molecule has 0 bridgehead atoms. The third-order valence-electron chi connectivity index (χ3n) is 4.37. The quantitative estimate of drug-likeness (QED) is 0.855. The summed E-state index contributed by atoms with van der Waals surface area (Å²) in [5.41, 5.74) is 0.413. The van der Waals surface area contributed by atoms with Crippen molar-refractivity contribution in [3.63, 3.8) is 0 Å². The SMILES string of the molecule is O=S(=O)(Nc1cnn(C[C@H]2CCCCO2)c1)c1ccc2c(c1)OCCO2. The predicted octanol–water partition coefficient (Wildman–Crippen LogP) is 2.02. The van der Waals surface area contributed by atoms with Gasteiger partial charge in [0.25, 0.3) is 10.0 Å². The van der Waals surface area contributed by atoms with Gasteiger partial charge in [-0.2, -0.15) is 5.10 Å². The lowest BCUT2D eigenvalue weighted by molar-refractivity contribution is 0.00401. The molecule has 1 N–H and O–H groups in total. The van der Waals surface area contributed by atoms with Gasteiger partial charge in [0.05, 0.1) is 29.4 Å². The number of hydrogen-bond donors (Lipinski definition) is 1. The first-order chi connectivity index (χ1) is 12.6. The first-order valence-corrected chi connectivity index (χ1v) is 10.1. The van der Waals surface area contributed by atoms with Crippen LogP contribution in [-0.2, 0) is 21.3 Å². The van der Waals surface area contributed by atoms with Crippen molar-refractivity contribution in [2.24, 2.45) is 0 Å². The normalized spacial score (nSPS) is 19.9. The zero-order chi connectivity index (χ0) is 18.0. The van der Waals surface area contributed by atoms with Gasteiger partial charge in [-0.1, -0.05) is 0 Å². The molecule has 0 amide bonds. The molecule has 26 heavy (non-hydrogen) atoms. The van der Waals surface area contributed by atoms with Gasteiger partial charge in [0, 0.05) is 18.9 Å². The fourth-order valence-corrected chi connectivity index (χ4v) is 4.12. The van der Waals surface area contributed by atoms with Crippen LogP contribution in [0.25, 0.3) is 0 Å². The van der Waals surface area contributed by atoms with Crippen LogP contribution in [0.3, 0.4) is 0 Å². The summed E-state index contributed by atoms with van der Waals surface area (Å²) in [5, 5.41) is 4.22. The summed E-state index contributed by atoms with van der Waals surface area (Å²) in [7, 11) is -3.74. The van der Waals surface area contributed by atoms with Crippen molar-refractivity contribution in [3.8, 4) is 11.5 Å². The van der Waals surface area contributed by atoms with E-state index in [1.54, 1.807) is 16.9 Å². The summed E-state index contributed by atoms with van der Waals surface area (Å²) < 4.78 is 46.1. The summed E-state index contributed by atoms with van der Waals surface area (Å²) in [4.78, 5) is 0.116. The van der Waals surface area contributed by atoms with E-state index in [9.17, 15) is 8.42 Å². The summed E-state index contributed by atoms with van der Waals surface area (Å²) >= 11 is 0. The maximum Gasteiger partial charge on any atom is 0.262 e. The van der Waals surface area contributed by atoms with Crippen molar-refractivity contribution in [3.05, 3.63) is 30.6 Å². The van der Waals surface area contributed by atoms with Crippen LogP contribution in [0.15, 0.2) is 35.5 Å². The summed E-state index contributed by atoms with van der Waals surface area (Å²) in [6, 6.07) is 4.57. The van der Waals surface area contributed by atoms with E-state index in [0.29, 0.717) is 36.9 Å². The number of ether oxygens (including phenoxy) is 3. The number of nitrogens with one attached hydrogen (secondary N) is 1. The van der Waals surface area contributed by atoms with Gasteiger partial charge < -0.3 is 14.2 Å². The van der Waals surface area contributed by atoms with E-state index in [1.165, 1.54) is 18.3 Å². The molecule has 8 nitrogen and oxygen atoms in total. The lowest BCUT2D eigenvalue weighted by Gasteiger charge is -2.22. The Morgan fingerprint density at radius 3 is 2.81 bits per heavy atom. The molecule has 0 unspecified atom stereocenters. The molecule has 1 aromatic heterocycles. The molecule has 1 aromatic carbocycles. The van der Waals surface area contributed by atoms with Crippen LogP contribution in [0.5, 0.6) is 11.5 Å². The Kier molecular flexibility index (Phi) is 4.73. The molecule has 0 aliphatic carbocycles. The second-order valence-corrected chi connectivity index (χ2v) is 8.03. The molecule has 9 heteroatoms. The number of nitrogens with zero attached hydrogens (tertiary/aromatic N) is 2. The monoisotopic (exact) mass is 379 g/mol. The molecule has 0 saturated carbocycles. The van der Waals surface area contributed by atoms with Crippen LogP contribution in [-0.4, -0.2) is 44.1 Å². The molecule has 1 saturated heterocycles. The minimum atomic E-state index is -3.74. The van der Waals surface area contributed by atoms with Crippen LogP contribution in [0, 0.1) is 0 Å². The zero-order valence-corrected chi connectivity index (χ0v) is 15.1. The average Bonchev–Trinajstić information content (AvgIpc) is 3.08. The Morgan fingerprint density at radius 1 is 1.15 bits per heavy atom. The van der Waals surface area contributed by atoms with Gasteiger partial charge in [-0.15, -0.1) is 0 Å². The molecule has 1 fully saturated rings. The molecule has 2 aromatic rings. The number of anilines is 1. The number of aromatic nitrogens is 2. The fraction of sp³-hybridized carbons (Fsp3) is 0.471. The number of benzene rings is 1. The van der Waals surface area contributed by atoms with Gasteiger partial charge in [0.15, 0.2) is 11.5 Å². The van der Waals surface area contributed by atoms with Crippen LogP contribution >= 0.6 is 0 Å². The standard InChI is InChI=1S/C17H21N3O5S/c21-26(22,15-4-5-16-17(9-15)25-8-7-24-16)19-13-10-18-20(11-13)12-14-3-1-2-6-23-14/h4-5,9-11,14,19H,1-3,6-8,12H2/t14-/m1/s1. The molecule has 140 valence electrons. The first-order valence-electron chi connectivity index (χ1n) is 8.67. The molecule has 0 spiro atoms. The topological polar surface area (TPSA) is 91.7 Å². The average molecular weight is 379 g/mol. The molecule has 2 aliphatic heterocycles. The van der Waals surface area contributed by atoms with Crippen molar-refractivity contribution < 1.29 is 22.6 Å². The Bertz CT molecular complexity index is 874. The third kappa shape index (κ3) is 3.78. The molecule has 3 heterocycles. The van der Waals surface area contributed by atoms with Gasteiger partial charge in [0.2, 0.25) is 0 Å². The Morgan fingerprint density at radius 2 is 2.00 bits per heavy atom. The minimum Gasteiger partial charge on any atom is -0.486 e. The summed E-state index contributed by atoms with van der Waals surface area (Å²) in [5.74, 6) is 0.986. The van der Waals surface area contributed by atoms with Crippen molar-refractivity contribution in [1.29, 1.82) is 0 Å². The largest absolute Gasteiger partial charge is 0.486 e. The maximum absolute atomic E-state index is 12.6. The smallest absolute Gasteiger partial charge is 0.262 e. The lowest BCUT2D eigenvalue weighted by Crippen LogP contribution is -2.24. The van der Waals surface area contributed by atoms with E-state index < -0.39 is 10.0 Å². The van der Waals surface area contributed by atoms with E-state index >= 15 is 0 Å². The van der Waals surface area contributed by atoms with Crippen LogP contribution < -0.4 is 14.2 Å². The molecule has 1 atom stereocenters. The molecule has 2 aliphatic rings. The van der Waals surface area contributed by atoms with Gasteiger partial charge in [-0.25, -0.2) is 8.42 Å². The number of hydrogen-bond acceptors (Lipinski definition) is 6. The second-order valence-electron chi connectivity index (χ2n) is 6.35. The highest BCUT2D eigenvalue weighted by Crippen LogP contribution is 2.32. The Labute approximate surface area is 152 Å². The molecular formula is C17H21N3O5S. The minimum absolute atomic E-state index is 0.116. The van der Waals surface area contributed by atoms with E-state index in [4.69, 9.17) is 14.2 Å². The molecule has 4 rings (SSSR count). The number of rotatable bonds is 5. The summed E-state index contributed by atoms with van der Waals surface area (Å²) in [6.45, 7) is 2.25. The van der Waals surface area contributed by atoms with Crippen molar-refractivity contribution >= 4 is 15.7 Å². The zero-order valence-electron chi connectivity index (χ0n) is 14.3. The number of sulfonamides is 1. The Balaban J connectivity index is 1.46. The fourth-order valence-electron chi connectivity index (χ4n) is 3.08. The van der Waals surface area contributed by atoms with Gasteiger partial charge in [-0.3, -0.25) is 9.40 Å². The third-order valence-corrected chi connectivity index (χ3v) is 5.75. The highest BCUT2D eigenvalue weighted by atomic mass is 32.2. The van der Waals surface area contributed by atoms with Crippen molar-refractivity contribution in [2.75, 3.05) is 24.5 Å². The van der Waals surface area contributed by atoms with Crippen LogP contribution in [0.2, 0.25) is 0 Å². The van der Waals surface area contributed by atoms with E-state index in [0.717, 1.165) is 25.9 Å². The van der Waals surface area contributed by atoms with Gasteiger partial charge in [0.1, 0.15) is 13.2 Å². The molecule has 0 radical (unpaired) electrons. The van der Waals surface area contributed by atoms with Crippen molar-refractivity contribution in [1.82, 2.24) is 9.78 Å².